The molecule has 0 aromatic carbocycles. The third-order valence-corrected chi connectivity index (χ3v) is 9.34. The highest BCUT2D eigenvalue weighted by molar-refractivity contribution is 4.96. The molecule has 0 spiro atoms. The number of nitrogens with zero attached hydrogens (tertiary/aromatic N) is 6. The van der Waals surface area contributed by atoms with E-state index in [9.17, 15) is 0 Å². The molecular formula is C30H46N6O6. The maximum atomic E-state index is 6.53. The summed E-state index contributed by atoms with van der Waals surface area (Å²) in [4.78, 5) is 9.80. The minimum Gasteiger partial charge on any atom is -0.368 e. The monoisotopic (exact) mass is 586 g/mol. The van der Waals surface area contributed by atoms with Gasteiger partial charge >= 0.3 is 0 Å². The lowest BCUT2D eigenvalue weighted by molar-refractivity contribution is -0.109. The molecule has 0 radical (unpaired) electrons. The number of ether oxygens (including phenoxy) is 6. The first kappa shape index (κ1) is 28.8. The number of rotatable bonds is 2. The lowest BCUT2D eigenvalue weighted by Crippen LogP contribution is -2.35. The summed E-state index contributed by atoms with van der Waals surface area (Å²) < 4.78 is 42.1. The molecule has 12 nitrogen and oxygen atoms in total. The van der Waals surface area contributed by atoms with Crippen LogP contribution < -0.4 is 0 Å². The maximum absolute atomic E-state index is 6.53. The summed E-state index contributed by atoms with van der Waals surface area (Å²) in [5.74, 6) is 2.92. The van der Waals surface area contributed by atoms with E-state index in [1.165, 1.54) is 0 Å². The Morgan fingerprint density at radius 3 is 1.19 bits per heavy atom. The molecule has 0 N–H and O–H groups in total. The minimum atomic E-state index is -0.111. The van der Waals surface area contributed by atoms with Crippen LogP contribution in [0.15, 0.2) is 0 Å². The Bertz CT molecular complexity index is 1060. The summed E-state index contributed by atoms with van der Waals surface area (Å²) in [5.41, 5.74) is 0. The molecule has 0 amide bonds. The first-order valence-corrected chi connectivity index (χ1v) is 16.4. The first-order valence-electron chi connectivity index (χ1n) is 16.4. The van der Waals surface area contributed by atoms with Crippen LogP contribution in [0.4, 0.5) is 0 Å². The minimum absolute atomic E-state index is 0.0238. The molecule has 2 saturated carbocycles. The van der Waals surface area contributed by atoms with Gasteiger partial charge in [0.05, 0.1) is 24.4 Å². The molecule has 6 unspecified atom stereocenters. The molecule has 5 heterocycles. The van der Waals surface area contributed by atoms with Crippen molar-refractivity contribution in [3.63, 3.8) is 0 Å². The van der Waals surface area contributed by atoms with Gasteiger partial charge in [0.2, 0.25) is 0 Å². The normalized spacial score (nSPS) is 33.6. The van der Waals surface area contributed by atoms with Crippen LogP contribution in [0.3, 0.4) is 0 Å². The highest BCUT2D eigenvalue weighted by Gasteiger charge is 2.32. The molecule has 42 heavy (non-hydrogen) atoms. The Kier molecular flexibility index (Phi) is 9.44. The van der Waals surface area contributed by atoms with Crippen molar-refractivity contribution in [3.8, 4) is 0 Å². The van der Waals surface area contributed by atoms with Crippen LogP contribution in [0.2, 0.25) is 0 Å². The maximum Gasteiger partial charge on any atom is 0.176 e. The first-order chi connectivity index (χ1) is 20.8. The van der Waals surface area contributed by atoms with Gasteiger partial charge in [-0.2, -0.15) is 10.2 Å². The van der Waals surface area contributed by atoms with E-state index in [4.69, 9.17) is 48.6 Å². The molecule has 2 aromatic rings. The molecule has 3 aliphatic heterocycles. The fourth-order valence-electron chi connectivity index (χ4n) is 7.04. The molecular weight excluding hydrogens is 540 g/mol. The van der Waals surface area contributed by atoms with E-state index < -0.39 is 0 Å². The number of aromatic nitrogens is 6. The van der Waals surface area contributed by atoms with Crippen LogP contribution in [0, 0.1) is 0 Å². The van der Waals surface area contributed by atoms with Gasteiger partial charge in [-0.15, -0.1) is 0 Å². The molecule has 6 atom stereocenters. The lowest BCUT2D eigenvalue weighted by atomic mass is 9.94. The van der Waals surface area contributed by atoms with Gasteiger partial charge in [0, 0.05) is 13.2 Å². The van der Waals surface area contributed by atoms with Crippen LogP contribution in [0.1, 0.15) is 126 Å². The lowest BCUT2D eigenvalue weighted by Gasteiger charge is -2.31. The molecule has 4 fully saturated rings. The van der Waals surface area contributed by atoms with Crippen LogP contribution in [0.25, 0.3) is 0 Å². The van der Waals surface area contributed by atoms with E-state index in [1.54, 1.807) is 0 Å². The van der Waals surface area contributed by atoms with Crippen molar-refractivity contribution >= 4 is 0 Å². The van der Waals surface area contributed by atoms with Gasteiger partial charge in [0.15, 0.2) is 35.8 Å². The molecule has 5 aliphatic rings. The number of hydrogen-bond acceptors (Lipinski definition) is 10. The van der Waals surface area contributed by atoms with Gasteiger partial charge in [-0.25, -0.2) is 19.3 Å². The third-order valence-electron chi connectivity index (χ3n) is 9.34. The average Bonchev–Trinajstić information content (AvgIpc) is 3.66. The molecule has 2 aliphatic carbocycles. The van der Waals surface area contributed by atoms with E-state index >= 15 is 0 Å². The molecule has 12 heteroatoms. The molecule has 4 bridgehead atoms. The van der Waals surface area contributed by atoms with Crippen molar-refractivity contribution in [1.29, 1.82) is 0 Å². The predicted octanol–water partition coefficient (Wildman–Crippen LogP) is 4.67. The smallest absolute Gasteiger partial charge is 0.176 e. The van der Waals surface area contributed by atoms with Crippen LogP contribution in [-0.2, 0) is 54.8 Å². The predicted molar refractivity (Wildman–Crippen MR) is 149 cm³/mol. The second-order valence-corrected chi connectivity index (χ2v) is 12.4. The van der Waals surface area contributed by atoms with Crippen LogP contribution >= 0.6 is 0 Å². The Morgan fingerprint density at radius 2 is 0.810 bits per heavy atom. The van der Waals surface area contributed by atoms with Gasteiger partial charge in [0.25, 0.3) is 0 Å². The van der Waals surface area contributed by atoms with E-state index in [1.807, 2.05) is 9.36 Å². The second kappa shape index (κ2) is 13.8. The molecule has 7 rings (SSSR count). The largest absolute Gasteiger partial charge is 0.368 e. The molecule has 2 aromatic heterocycles. The van der Waals surface area contributed by atoms with Gasteiger partial charge < -0.3 is 28.4 Å². The zero-order chi connectivity index (χ0) is 28.1. The van der Waals surface area contributed by atoms with Crippen molar-refractivity contribution in [3.05, 3.63) is 23.3 Å². The van der Waals surface area contributed by atoms with Crippen molar-refractivity contribution in [2.24, 2.45) is 0 Å². The van der Waals surface area contributed by atoms with Crippen LogP contribution in [-0.4, -0.2) is 67.2 Å². The van der Waals surface area contributed by atoms with E-state index in [0.29, 0.717) is 38.1 Å². The summed E-state index contributed by atoms with van der Waals surface area (Å²) >= 11 is 0. The van der Waals surface area contributed by atoms with Crippen LogP contribution in [0.5, 0.6) is 0 Å². The standard InChI is InChI=1S/C30H46N6O6/c1-3-11-23-21(9-1)39-17-25-31-28(36(33-25)30-14-6-8-16-38-30)20-42-24-12-4-2-10-22(24)40-18-26-32-27(19-41-23)35(34-26)29-13-5-7-15-37-29/h21-24,29-30H,1-20H2. The summed E-state index contributed by atoms with van der Waals surface area (Å²) in [7, 11) is 0. The summed E-state index contributed by atoms with van der Waals surface area (Å²) in [6.07, 6.45) is 14.2. The topological polar surface area (TPSA) is 117 Å². The SMILES string of the molecule is C1CCC(n2nc3nc2COC2CCCCC2OCc2nc(n(C4CCCCO4)n2)COC2CCCCC2OC3)OC1. The van der Waals surface area contributed by atoms with Gasteiger partial charge in [0.1, 0.15) is 26.4 Å². The highest BCUT2D eigenvalue weighted by Crippen LogP contribution is 2.30. The number of fused-ring (bicyclic) bond motifs is 6. The third kappa shape index (κ3) is 6.73. The fourth-order valence-corrected chi connectivity index (χ4v) is 7.04. The zero-order valence-electron chi connectivity index (χ0n) is 24.7. The van der Waals surface area contributed by atoms with Gasteiger partial charge in [-0.3, -0.25) is 0 Å². The van der Waals surface area contributed by atoms with Crippen molar-refractivity contribution in [2.45, 2.75) is 153 Å². The van der Waals surface area contributed by atoms with E-state index in [-0.39, 0.29) is 36.9 Å². The average molecular weight is 587 g/mol. The fraction of sp³-hybridized carbons (Fsp3) is 0.867. The highest BCUT2D eigenvalue weighted by atomic mass is 16.6. The Hall–Kier alpha value is -1.96. The van der Waals surface area contributed by atoms with Crippen molar-refractivity contribution < 1.29 is 28.4 Å². The van der Waals surface area contributed by atoms with E-state index in [2.05, 4.69) is 0 Å². The van der Waals surface area contributed by atoms with E-state index in [0.717, 1.165) is 115 Å². The second-order valence-electron chi connectivity index (χ2n) is 12.4. The molecule has 2 saturated heterocycles. The summed E-state index contributed by atoms with van der Waals surface area (Å²) in [6.45, 7) is 2.89. The Morgan fingerprint density at radius 1 is 0.429 bits per heavy atom. The van der Waals surface area contributed by atoms with Gasteiger partial charge in [-0.05, 0) is 64.2 Å². The Balaban J connectivity index is 1.15. The molecule has 232 valence electrons. The summed E-state index contributed by atoms with van der Waals surface area (Å²) in [5, 5.41) is 9.75. The van der Waals surface area contributed by atoms with Crippen molar-refractivity contribution in [2.75, 3.05) is 13.2 Å². The van der Waals surface area contributed by atoms with Gasteiger partial charge in [-0.1, -0.05) is 25.7 Å². The summed E-state index contributed by atoms with van der Waals surface area (Å²) in [6, 6.07) is 0. The zero-order valence-corrected chi connectivity index (χ0v) is 24.7. The van der Waals surface area contributed by atoms with Crippen molar-refractivity contribution in [1.82, 2.24) is 29.5 Å². The quantitative estimate of drug-likeness (QED) is 0.491. The Labute approximate surface area is 247 Å². The number of hydrogen-bond donors (Lipinski definition) is 0.